The van der Waals surface area contributed by atoms with E-state index in [9.17, 15) is 9.90 Å². The van der Waals surface area contributed by atoms with Gasteiger partial charge in [0.05, 0.1) is 19.1 Å². The third-order valence-electron chi connectivity index (χ3n) is 10.3. The Hall–Kier alpha value is -1.04. The first-order valence-corrected chi connectivity index (χ1v) is 11.9. The van der Waals surface area contributed by atoms with Crippen molar-refractivity contribution in [2.24, 2.45) is 40.4 Å². The predicted molar refractivity (Wildman–Crippen MR) is 114 cm³/mol. The molecule has 1 heterocycles. The minimum atomic E-state index is -0.966. The number of carbonyl (C=O) groups excluding carboxylic acids is 1. The molecule has 166 valence electrons. The topological polar surface area (TPSA) is 79.6 Å². The molecule has 0 aromatic carbocycles. The average Bonchev–Trinajstić information content (AvgIpc) is 3.26. The van der Waals surface area contributed by atoms with Crippen molar-refractivity contribution in [2.75, 3.05) is 13.2 Å². The van der Waals surface area contributed by atoms with Crippen molar-refractivity contribution in [1.29, 1.82) is 5.41 Å². The number of aldehydes is 1. The molecule has 1 unspecified atom stereocenters. The molecule has 1 saturated heterocycles. The van der Waals surface area contributed by atoms with Gasteiger partial charge in [-0.2, -0.15) is 0 Å². The van der Waals surface area contributed by atoms with Gasteiger partial charge in [-0.1, -0.05) is 26.3 Å². The Kier molecular flexibility index (Phi) is 4.51. The molecule has 3 saturated carbocycles. The maximum Gasteiger partial charge on any atom is 0.195 e. The Labute approximate surface area is 180 Å². The lowest BCUT2D eigenvalue weighted by molar-refractivity contribution is -0.299. The summed E-state index contributed by atoms with van der Waals surface area (Å²) in [5, 5.41) is 20.4. The zero-order chi connectivity index (χ0) is 21.5. The van der Waals surface area contributed by atoms with Gasteiger partial charge in [-0.25, -0.2) is 0 Å². The van der Waals surface area contributed by atoms with Gasteiger partial charge < -0.3 is 24.8 Å². The van der Waals surface area contributed by atoms with E-state index in [0.29, 0.717) is 42.6 Å². The lowest BCUT2D eigenvalue weighted by atomic mass is 9.44. The van der Waals surface area contributed by atoms with Crippen molar-refractivity contribution in [1.82, 2.24) is 0 Å². The molecule has 0 spiro atoms. The first-order valence-electron chi connectivity index (χ1n) is 11.9. The average molecular weight is 416 g/mol. The zero-order valence-electron chi connectivity index (χ0n) is 18.9. The number of allylic oxidation sites excluding steroid dienone is 2. The van der Waals surface area contributed by atoms with Crippen LogP contribution in [0.25, 0.3) is 0 Å². The van der Waals surface area contributed by atoms with Gasteiger partial charge in [-0.15, -0.1) is 0 Å². The van der Waals surface area contributed by atoms with E-state index in [4.69, 9.17) is 14.9 Å². The smallest absolute Gasteiger partial charge is 0.195 e. The summed E-state index contributed by atoms with van der Waals surface area (Å²) in [6.07, 6.45) is 8.63. The highest BCUT2D eigenvalue weighted by Gasteiger charge is 2.71. The molecule has 0 radical (unpaired) electrons. The van der Waals surface area contributed by atoms with Crippen LogP contribution in [0.3, 0.4) is 0 Å². The van der Waals surface area contributed by atoms with Crippen LogP contribution in [0, 0.1) is 45.8 Å². The summed E-state index contributed by atoms with van der Waals surface area (Å²) >= 11 is 0. The number of fused-ring (bicyclic) bond motifs is 5. The second kappa shape index (κ2) is 6.49. The quantitative estimate of drug-likeness (QED) is 0.665. The predicted octanol–water partition coefficient (Wildman–Crippen LogP) is 4.13. The first-order chi connectivity index (χ1) is 14.1. The third kappa shape index (κ3) is 2.40. The van der Waals surface area contributed by atoms with E-state index >= 15 is 0 Å². The second-order valence-corrected chi connectivity index (χ2v) is 11.4. The zero-order valence-corrected chi connectivity index (χ0v) is 18.9. The fourth-order valence-electron chi connectivity index (χ4n) is 8.77. The molecule has 4 aliphatic carbocycles. The molecule has 5 nitrogen and oxygen atoms in total. The summed E-state index contributed by atoms with van der Waals surface area (Å²) in [7, 11) is 0. The van der Waals surface area contributed by atoms with Gasteiger partial charge in [-0.3, -0.25) is 0 Å². The first kappa shape index (κ1) is 20.8. The number of ether oxygens (including phenoxy) is 2. The second-order valence-electron chi connectivity index (χ2n) is 11.4. The molecule has 1 aliphatic heterocycles. The van der Waals surface area contributed by atoms with Crippen molar-refractivity contribution in [2.45, 2.75) is 77.6 Å². The summed E-state index contributed by atoms with van der Waals surface area (Å²) < 4.78 is 12.0. The number of nitrogens with one attached hydrogen (secondary N) is 1. The largest absolute Gasteiger partial charge is 0.384 e. The van der Waals surface area contributed by atoms with E-state index < -0.39 is 11.4 Å². The Morgan fingerprint density at radius 2 is 1.80 bits per heavy atom. The van der Waals surface area contributed by atoms with Crippen LogP contribution in [-0.4, -0.2) is 41.7 Å². The van der Waals surface area contributed by atoms with Gasteiger partial charge in [0.2, 0.25) is 0 Å². The van der Waals surface area contributed by atoms with Crippen molar-refractivity contribution < 1.29 is 19.4 Å². The van der Waals surface area contributed by atoms with Crippen LogP contribution in [0.1, 0.15) is 66.2 Å². The van der Waals surface area contributed by atoms with E-state index in [2.05, 4.69) is 20.8 Å². The Balaban J connectivity index is 1.52. The van der Waals surface area contributed by atoms with Gasteiger partial charge >= 0.3 is 0 Å². The van der Waals surface area contributed by atoms with E-state index in [0.717, 1.165) is 44.8 Å². The van der Waals surface area contributed by atoms with E-state index in [-0.39, 0.29) is 16.7 Å². The number of carbonyl (C=O) groups is 1. The van der Waals surface area contributed by atoms with E-state index in [1.54, 1.807) is 0 Å². The van der Waals surface area contributed by atoms with Crippen molar-refractivity contribution in [3.63, 3.8) is 0 Å². The Morgan fingerprint density at radius 3 is 2.47 bits per heavy atom. The standard InChI is InChI=1S/C25H37NO4/c1-15-11-17-18(22(2)13-16(14-27)21(26)12-20(15)22)5-7-23(3)19(17)6-8-25(23,28)24(4)29-9-10-30-24/h12,14-19,26,28H,5-11,13H2,1-4H3/t15-,16?,17+,18-,19-,22+,23-,25+/m0/s1. The van der Waals surface area contributed by atoms with Crippen LogP contribution in [0.15, 0.2) is 11.6 Å². The Morgan fingerprint density at radius 1 is 1.13 bits per heavy atom. The van der Waals surface area contributed by atoms with Crippen LogP contribution in [-0.2, 0) is 14.3 Å². The van der Waals surface area contributed by atoms with Gasteiger partial charge in [0.25, 0.3) is 0 Å². The number of hydrogen-bond donors (Lipinski definition) is 2. The lowest BCUT2D eigenvalue weighted by Gasteiger charge is -2.62. The number of aliphatic hydroxyl groups is 1. The Bertz CT molecular complexity index is 801. The highest BCUT2D eigenvalue weighted by atomic mass is 16.7. The summed E-state index contributed by atoms with van der Waals surface area (Å²) in [6.45, 7) is 9.96. The van der Waals surface area contributed by atoms with E-state index in [1.807, 2.05) is 13.0 Å². The molecule has 5 aliphatic rings. The maximum atomic E-state index is 12.0. The molecule has 0 bridgehead atoms. The lowest BCUT2D eigenvalue weighted by Crippen LogP contribution is -2.64. The van der Waals surface area contributed by atoms with Crippen molar-refractivity contribution >= 4 is 12.0 Å². The van der Waals surface area contributed by atoms with Crippen LogP contribution < -0.4 is 0 Å². The third-order valence-corrected chi connectivity index (χ3v) is 10.3. The van der Waals surface area contributed by atoms with Gasteiger partial charge in [0, 0.05) is 11.1 Å². The minimum absolute atomic E-state index is 0.0231. The molecule has 2 N–H and O–H groups in total. The van der Waals surface area contributed by atoms with E-state index in [1.165, 1.54) is 5.57 Å². The highest BCUT2D eigenvalue weighted by Crippen LogP contribution is 2.70. The van der Waals surface area contributed by atoms with Crippen LogP contribution >= 0.6 is 0 Å². The molecule has 0 amide bonds. The SMILES string of the molecule is C[C@H]1C[C@@H]2[C@H](CC[C@@]3(C)[C@H]2CC[C@]3(O)C2(C)OCCO2)[C@@]2(C)CC(C=O)C(=N)C=C12. The summed E-state index contributed by atoms with van der Waals surface area (Å²) in [5.74, 6) is 0.685. The van der Waals surface area contributed by atoms with Gasteiger partial charge in [0.15, 0.2) is 5.79 Å². The van der Waals surface area contributed by atoms with Crippen molar-refractivity contribution in [3.8, 4) is 0 Å². The summed E-state index contributed by atoms with van der Waals surface area (Å²) in [6, 6.07) is 0. The molecule has 4 fully saturated rings. The maximum absolute atomic E-state index is 12.0. The van der Waals surface area contributed by atoms with Gasteiger partial charge in [-0.05, 0) is 80.6 Å². The fraction of sp³-hybridized carbons (Fsp3) is 0.840. The van der Waals surface area contributed by atoms with Crippen LogP contribution in [0.2, 0.25) is 0 Å². The summed E-state index contributed by atoms with van der Waals surface area (Å²) in [5.41, 5.74) is 0.660. The molecule has 30 heavy (non-hydrogen) atoms. The van der Waals surface area contributed by atoms with Crippen LogP contribution in [0.5, 0.6) is 0 Å². The summed E-state index contributed by atoms with van der Waals surface area (Å²) in [4.78, 5) is 11.7. The molecule has 8 atom stereocenters. The number of rotatable bonds is 2. The molecule has 5 heteroatoms. The molecular weight excluding hydrogens is 378 g/mol. The normalized spacial score (nSPS) is 52.2. The highest BCUT2D eigenvalue weighted by molar-refractivity contribution is 6.04. The fourth-order valence-corrected chi connectivity index (χ4v) is 8.77. The van der Waals surface area contributed by atoms with Gasteiger partial charge in [0.1, 0.15) is 11.9 Å². The molecular formula is C25H37NO4. The van der Waals surface area contributed by atoms with Crippen molar-refractivity contribution in [3.05, 3.63) is 11.6 Å². The molecule has 5 rings (SSSR count). The molecule has 0 aromatic rings. The minimum Gasteiger partial charge on any atom is -0.384 e. The monoisotopic (exact) mass is 415 g/mol. The number of hydrogen-bond acceptors (Lipinski definition) is 5. The van der Waals surface area contributed by atoms with Crippen LogP contribution in [0.4, 0.5) is 0 Å². The molecule has 0 aromatic heterocycles.